The maximum atomic E-state index is 10.5. The summed E-state index contributed by atoms with van der Waals surface area (Å²) in [6.45, 7) is 2.06. The minimum atomic E-state index is -0.413. The molecule has 15 heavy (non-hydrogen) atoms. The van der Waals surface area contributed by atoms with Crippen molar-refractivity contribution in [1.82, 2.24) is 4.98 Å². The SMILES string of the molecule is Cc1cccc2[nH]cc(CC(N)C=O)c12. The van der Waals surface area contributed by atoms with Gasteiger partial charge >= 0.3 is 0 Å². The van der Waals surface area contributed by atoms with Crippen molar-refractivity contribution in [2.45, 2.75) is 19.4 Å². The highest BCUT2D eigenvalue weighted by Crippen LogP contribution is 2.22. The van der Waals surface area contributed by atoms with Crippen LogP contribution in [0.3, 0.4) is 0 Å². The van der Waals surface area contributed by atoms with Crippen LogP contribution in [-0.2, 0) is 11.2 Å². The lowest BCUT2D eigenvalue weighted by Gasteiger charge is -2.03. The highest BCUT2D eigenvalue weighted by molar-refractivity contribution is 5.86. The van der Waals surface area contributed by atoms with Gasteiger partial charge in [0.1, 0.15) is 6.29 Å². The second kappa shape index (κ2) is 3.87. The van der Waals surface area contributed by atoms with Gasteiger partial charge in [-0.05, 0) is 30.5 Å². The molecular formula is C12H14N2O. The molecule has 1 aromatic heterocycles. The van der Waals surface area contributed by atoms with Crippen LogP contribution in [0.2, 0.25) is 0 Å². The van der Waals surface area contributed by atoms with Gasteiger partial charge in [0.25, 0.3) is 0 Å². The summed E-state index contributed by atoms with van der Waals surface area (Å²) in [4.78, 5) is 13.7. The normalized spacial score (nSPS) is 12.9. The molecule has 1 heterocycles. The molecule has 3 nitrogen and oxygen atoms in total. The number of fused-ring (bicyclic) bond motifs is 1. The van der Waals surface area contributed by atoms with E-state index in [2.05, 4.69) is 18.0 Å². The Kier molecular flexibility index (Phi) is 2.56. The maximum absolute atomic E-state index is 10.5. The van der Waals surface area contributed by atoms with E-state index in [1.54, 1.807) is 0 Å². The summed E-state index contributed by atoms with van der Waals surface area (Å²) < 4.78 is 0. The molecule has 2 rings (SSSR count). The molecule has 0 aliphatic heterocycles. The van der Waals surface area contributed by atoms with Gasteiger partial charge in [0.2, 0.25) is 0 Å². The van der Waals surface area contributed by atoms with Crippen LogP contribution in [0, 0.1) is 6.92 Å². The maximum Gasteiger partial charge on any atom is 0.137 e. The van der Waals surface area contributed by atoms with Crippen molar-refractivity contribution >= 4 is 17.2 Å². The summed E-state index contributed by atoms with van der Waals surface area (Å²) in [5.41, 5.74) is 9.05. The quantitative estimate of drug-likeness (QED) is 0.742. The summed E-state index contributed by atoms with van der Waals surface area (Å²) in [6, 6.07) is 5.69. The summed E-state index contributed by atoms with van der Waals surface area (Å²) in [6.07, 6.45) is 3.31. The highest BCUT2D eigenvalue weighted by Gasteiger charge is 2.09. The average molecular weight is 202 g/mol. The van der Waals surface area contributed by atoms with E-state index in [1.807, 2.05) is 18.3 Å². The molecule has 0 aliphatic carbocycles. The van der Waals surface area contributed by atoms with Crippen LogP contribution in [0.15, 0.2) is 24.4 Å². The smallest absolute Gasteiger partial charge is 0.137 e. The fourth-order valence-corrected chi connectivity index (χ4v) is 1.91. The molecule has 0 aliphatic rings. The lowest BCUT2D eigenvalue weighted by molar-refractivity contribution is -0.108. The molecule has 0 radical (unpaired) electrons. The molecule has 1 aromatic carbocycles. The lowest BCUT2D eigenvalue weighted by Crippen LogP contribution is -2.23. The van der Waals surface area contributed by atoms with Crippen molar-refractivity contribution in [3.8, 4) is 0 Å². The first kappa shape index (κ1) is 9.93. The monoisotopic (exact) mass is 202 g/mol. The largest absolute Gasteiger partial charge is 0.361 e. The van der Waals surface area contributed by atoms with E-state index in [0.717, 1.165) is 17.4 Å². The topological polar surface area (TPSA) is 58.9 Å². The zero-order valence-corrected chi connectivity index (χ0v) is 8.66. The Morgan fingerprint density at radius 2 is 2.33 bits per heavy atom. The third-order valence-electron chi connectivity index (χ3n) is 2.63. The van der Waals surface area contributed by atoms with Gasteiger partial charge in [-0.2, -0.15) is 0 Å². The third-order valence-corrected chi connectivity index (χ3v) is 2.63. The van der Waals surface area contributed by atoms with Crippen LogP contribution in [0.1, 0.15) is 11.1 Å². The Labute approximate surface area is 88.3 Å². The molecule has 78 valence electrons. The van der Waals surface area contributed by atoms with E-state index in [-0.39, 0.29) is 0 Å². The van der Waals surface area contributed by atoms with Gasteiger partial charge in [0.15, 0.2) is 0 Å². The number of H-pyrrole nitrogens is 1. The Balaban J connectivity index is 2.48. The van der Waals surface area contributed by atoms with Crippen molar-refractivity contribution < 1.29 is 4.79 Å². The number of nitrogens with one attached hydrogen (secondary N) is 1. The molecule has 3 N–H and O–H groups in total. The molecule has 0 saturated heterocycles. The fraction of sp³-hybridized carbons (Fsp3) is 0.250. The predicted octanol–water partition coefficient (Wildman–Crippen LogP) is 1.55. The fourth-order valence-electron chi connectivity index (χ4n) is 1.91. The molecule has 2 aromatic rings. The van der Waals surface area contributed by atoms with Crippen molar-refractivity contribution in [3.05, 3.63) is 35.5 Å². The number of carbonyl (C=O) groups excluding carboxylic acids is 1. The van der Waals surface area contributed by atoms with Crippen LogP contribution in [-0.4, -0.2) is 17.3 Å². The van der Waals surface area contributed by atoms with Crippen LogP contribution >= 0.6 is 0 Å². The van der Waals surface area contributed by atoms with E-state index in [4.69, 9.17) is 5.73 Å². The molecule has 3 heteroatoms. The number of aromatic amines is 1. The number of aryl methyl sites for hydroxylation is 1. The van der Waals surface area contributed by atoms with E-state index in [0.29, 0.717) is 6.42 Å². The predicted molar refractivity (Wildman–Crippen MR) is 60.8 cm³/mol. The molecule has 0 saturated carbocycles. The first-order chi connectivity index (χ1) is 7.22. The van der Waals surface area contributed by atoms with Gasteiger partial charge in [-0.3, -0.25) is 0 Å². The minimum Gasteiger partial charge on any atom is -0.361 e. The molecule has 0 amide bonds. The van der Waals surface area contributed by atoms with Gasteiger partial charge in [-0.15, -0.1) is 0 Å². The average Bonchev–Trinajstić information content (AvgIpc) is 2.63. The van der Waals surface area contributed by atoms with Crippen molar-refractivity contribution in [3.63, 3.8) is 0 Å². The molecule has 0 fully saturated rings. The number of hydrogen-bond donors (Lipinski definition) is 2. The molecule has 1 unspecified atom stereocenters. The van der Waals surface area contributed by atoms with Gasteiger partial charge in [0, 0.05) is 17.1 Å². The van der Waals surface area contributed by atoms with E-state index < -0.39 is 6.04 Å². The van der Waals surface area contributed by atoms with Crippen LogP contribution in [0.5, 0.6) is 0 Å². The van der Waals surface area contributed by atoms with Crippen molar-refractivity contribution in [2.24, 2.45) is 5.73 Å². The Hall–Kier alpha value is -1.61. The van der Waals surface area contributed by atoms with Gasteiger partial charge in [-0.25, -0.2) is 0 Å². The molecule has 0 spiro atoms. The summed E-state index contributed by atoms with van der Waals surface area (Å²) in [5.74, 6) is 0. The standard InChI is InChI=1S/C12H14N2O/c1-8-3-2-4-11-12(8)9(6-14-11)5-10(13)7-15/h2-4,6-7,10,14H,5,13H2,1H3. The zero-order chi connectivity index (χ0) is 10.8. The van der Waals surface area contributed by atoms with Gasteiger partial charge < -0.3 is 15.5 Å². The Bertz CT molecular complexity index is 487. The van der Waals surface area contributed by atoms with E-state index in [1.165, 1.54) is 10.9 Å². The van der Waals surface area contributed by atoms with Crippen LogP contribution in [0.4, 0.5) is 0 Å². The van der Waals surface area contributed by atoms with Crippen molar-refractivity contribution in [1.29, 1.82) is 0 Å². The highest BCUT2D eigenvalue weighted by atomic mass is 16.1. The summed E-state index contributed by atoms with van der Waals surface area (Å²) in [7, 11) is 0. The number of hydrogen-bond acceptors (Lipinski definition) is 2. The van der Waals surface area contributed by atoms with Crippen molar-refractivity contribution in [2.75, 3.05) is 0 Å². The zero-order valence-electron chi connectivity index (χ0n) is 8.66. The van der Waals surface area contributed by atoms with E-state index >= 15 is 0 Å². The van der Waals surface area contributed by atoms with Gasteiger partial charge in [-0.1, -0.05) is 12.1 Å². The molecular weight excluding hydrogens is 188 g/mol. The van der Waals surface area contributed by atoms with Gasteiger partial charge in [0.05, 0.1) is 6.04 Å². The Morgan fingerprint density at radius 1 is 1.53 bits per heavy atom. The summed E-state index contributed by atoms with van der Waals surface area (Å²) in [5, 5.41) is 1.19. The number of benzene rings is 1. The second-order valence-electron chi connectivity index (χ2n) is 3.82. The first-order valence-corrected chi connectivity index (χ1v) is 4.99. The number of carbonyl (C=O) groups is 1. The minimum absolute atomic E-state index is 0.413. The number of rotatable bonds is 3. The number of nitrogens with two attached hydrogens (primary N) is 1. The molecule has 0 bridgehead atoms. The lowest BCUT2D eigenvalue weighted by atomic mass is 10.0. The number of aromatic nitrogens is 1. The van der Waals surface area contributed by atoms with Crippen LogP contribution in [0.25, 0.3) is 10.9 Å². The summed E-state index contributed by atoms with van der Waals surface area (Å²) >= 11 is 0. The second-order valence-corrected chi connectivity index (χ2v) is 3.82. The van der Waals surface area contributed by atoms with E-state index in [9.17, 15) is 4.79 Å². The first-order valence-electron chi connectivity index (χ1n) is 4.99. The third kappa shape index (κ3) is 1.78. The Morgan fingerprint density at radius 3 is 3.07 bits per heavy atom. The van der Waals surface area contributed by atoms with Crippen LogP contribution < -0.4 is 5.73 Å². The number of aldehydes is 1. The molecule has 1 atom stereocenters.